The minimum Gasteiger partial charge on any atom is -0.476 e. The SMILES string of the molecule is CCOc1ncnc(NC(C)CCc2ccco2)c1N. The van der Waals surface area contributed by atoms with Crippen molar-refractivity contribution in [2.75, 3.05) is 17.7 Å². The quantitative estimate of drug-likeness (QED) is 0.808. The van der Waals surface area contributed by atoms with Crippen LogP contribution in [0.15, 0.2) is 29.1 Å². The molecule has 20 heavy (non-hydrogen) atoms. The van der Waals surface area contributed by atoms with E-state index in [-0.39, 0.29) is 6.04 Å². The van der Waals surface area contributed by atoms with Gasteiger partial charge >= 0.3 is 0 Å². The molecule has 1 unspecified atom stereocenters. The first-order valence-corrected chi connectivity index (χ1v) is 6.73. The number of aryl methyl sites for hydroxylation is 1. The summed E-state index contributed by atoms with van der Waals surface area (Å²) in [6.45, 7) is 4.49. The Morgan fingerprint density at radius 2 is 2.30 bits per heavy atom. The molecule has 2 heterocycles. The Kier molecular flexibility index (Phi) is 4.81. The van der Waals surface area contributed by atoms with E-state index in [0.717, 1.165) is 18.6 Å². The van der Waals surface area contributed by atoms with E-state index in [1.165, 1.54) is 6.33 Å². The van der Waals surface area contributed by atoms with Gasteiger partial charge in [0, 0.05) is 12.5 Å². The number of nitrogens with one attached hydrogen (secondary N) is 1. The topological polar surface area (TPSA) is 86.2 Å². The molecule has 0 amide bonds. The molecular formula is C14H20N4O2. The van der Waals surface area contributed by atoms with Crippen LogP contribution in [-0.4, -0.2) is 22.6 Å². The normalized spacial score (nSPS) is 12.1. The largest absolute Gasteiger partial charge is 0.476 e. The third-order valence-electron chi connectivity index (χ3n) is 2.92. The monoisotopic (exact) mass is 276 g/mol. The molecule has 2 rings (SSSR count). The van der Waals surface area contributed by atoms with Crippen LogP contribution >= 0.6 is 0 Å². The Bertz CT molecular complexity index is 528. The second kappa shape index (κ2) is 6.79. The molecule has 0 saturated carbocycles. The van der Waals surface area contributed by atoms with E-state index in [0.29, 0.717) is 24.0 Å². The molecule has 0 radical (unpaired) electrons. The van der Waals surface area contributed by atoms with Crippen LogP contribution in [0.25, 0.3) is 0 Å². The minimum atomic E-state index is 0.215. The van der Waals surface area contributed by atoms with Gasteiger partial charge in [-0.1, -0.05) is 0 Å². The van der Waals surface area contributed by atoms with E-state index >= 15 is 0 Å². The van der Waals surface area contributed by atoms with Gasteiger partial charge in [-0.25, -0.2) is 4.98 Å². The van der Waals surface area contributed by atoms with E-state index in [1.54, 1.807) is 6.26 Å². The average molecular weight is 276 g/mol. The van der Waals surface area contributed by atoms with Crippen LogP contribution in [0.4, 0.5) is 11.5 Å². The van der Waals surface area contributed by atoms with Crippen molar-refractivity contribution in [3.8, 4) is 5.88 Å². The first-order valence-electron chi connectivity index (χ1n) is 6.73. The summed E-state index contributed by atoms with van der Waals surface area (Å²) in [5.41, 5.74) is 6.42. The number of nitrogen functional groups attached to an aromatic ring is 1. The van der Waals surface area contributed by atoms with Gasteiger partial charge in [0.2, 0.25) is 5.88 Å². The Morgan fingerprint density at radius 1 is 1.45 bits per heavy atom. The molecule has 2 aromatic rings. The predicted octanol–water partition coefficient (Wildman–Crippen LogP) is 2.48. The maximum absolute atomic E-state index is 5.98. The van der Waals surface area contributed by atoms with Crippen LogP contribution in [0.3, 0.4) is 0 Å². The van der Waals surface area contributed by atoms with E-state index < -0.39 is 0 Å². The van der Waals surface area contributed by atoms with Crippen LogP contribution in [0.1, 0.15) is 26.0 Å². The van der Waals surface area contributed by atoms with Crippen molar-refractivity contribution >= 4 is 11.5 Å². The lowest BCUT2D eigenvalue weighted by atomic mass is 10.1. The highest BCUT2D eigenvalue weighted by Crippen LogP contribution is 2.25. The van der Waals surface area contributed by atoms with Crippen molar-refractivity contribution in [3.63, 3.8) is 0 Å². The molecule has 6 heteroatoms. The van der Waals surface area contributed by atoms with E-state index in [1.807, 2.05) is 19.1 Å². The van der Waals surface area contributed by atoms with Crippen molar-refractivity contribution in [1.29, 1.82) is 0 Å². The maximum atomic E-state index is 5.98. The fourth-order valence-electron chi connectivity index (χ4n) is 1.87. The Balaban J connectivity index is 1.93. The number of hydrogen-bond acceptors (Lipinski definition) is 6. The number of nitrogens with two attached hydrogens (primary N) is 1. The lowest BCUT2D eigenvalue weighted by Gasteiger charge is -2.16. The summed E-state index contributed by atoms with van der Waals surface area (Å²) in [5.74, 6) is 2.00. The standard InChI is InChI=1S/C14H20N4O2/c1-3-19-14-12(15)13(16-9-17-14)18-10(2)6-7-11-5-4-8-20-11/h4-5,8-10H,3,6-7,15H2,1-2H3,(H,16,17,18). The molecule has 0 bridgehead atoms. The summed E-state index contributed by atoms with van der Waals surface area (Å²) in [6, 6.07) is 4.08. The number of rotatable bonds is 7. The summed E-state index contributed by atoms with van der Waals surface area (Å²) in [6.07, 6.45) is 4.92. The molecule has 0 aliphatic heterocycles. The van der Waals surface area contributed by atoms with Crippen LogP contribution in [-0.2, 0) is 6.42 Å². The Labute approximate surface area is 118 Å². The summed E-state index contributed by atoms with van der Waals surface area (Å²) < 4.78 is 10.7. The fourth-order valence-corrected chi connectivity index (χ4v) is 1.87. The van der Waals surface area contributed by atoms with Crippen LogP contribution < -0.4 is 15.8 Å². The van der Waals surface area contributed by atoms with Gasteiger partial charge in [0.05, 0.1) is 12.9 Å². The minimum absolute atomic E-state index is 0.215. The van der Waals surface area contributed by atoms with Gasteiger partial charge in [0.1, 0.15) is 17.8 Å². The predicted molar refractivity (Wildman–Crippen MR) is 77.7 cm³/mol. The van der Waals surface area contributed by atoms with E-state index in [9.17, 15) is 0 Å². The molecule has 0 aliphatic carbocycles. The Hall–Kier alpha value is -2.24. The van der Waals surface area contributed by atoms with Crippen molar-refractivity contribution in [3.05, 3.63) is 30.5 Å². The summed E-state index contributed by atoms with van der Waals surface area (Å²) in [7, 11) is 0. The molecular weight excluding hydrogens is 256 g/mol. The molecule has 0 aromatic carbocycles. The molecule has 0 aliphatic rings. The Morgan fingerprint density at radius 3 is 3.00 bits per heavy atom. The smallest absolute Gasteiger partial charge is 0.242 e. The zero-order valence-electron chi connectivity index (χ0n) is 11.8. The lowest BCUT2D eigenvalue weighted by Crippen LogP contribution is -2.18. The number of ether oxygens (including phenoxy) is 1. The van der Waals surface area contributed by atoms with E-state index in [2.05, 4.69) is 22.2 Å². The van der Waals surface area contributed by atoms with Crippen LogP contribution in [0.2, 0.25) is 0 Å². The first-order chi connectivity index (χ1) is 9.70. The van der Waals surface area contributed by atoms with Crippen molar-refractivity contribution < 1.29 is 9.15 Å². The number of furan rings is 1. The number of anilines is 2. The third kappa shape index (κ3) is 3.63. The average Bonchev–Trinajstić information content (AvgIpc) is 2.94. The second-order valence-corrected chi connectivity index (χ2v) is 4.54. The summed E-state index contributed by atoms with van der Waals surface area (Å²) in [5, 5.41) is 3.27. The maximum Gasteiger partial charge on any atom is 0.242 e. The second-order valence-electron chi connectivity index (χ2n) is 4.54. The van der Waals surface area contributed by atoms with Gasteiger partial charge in [-0.15, -0.1) is 0 Å². The van der Waals surface area contributed by atoms with Crippen molar-refractivity contribution in [2.45, 2.75) is 32.7 Å². The zero-order valence-corrected chi connectivity index (χ0v) is 11.8. The van der Waals surface area contributed by atoms with Crippen molar-refractivity contribution in [2.24, 2.45) is 0 Å². The highest BCUT2D eigenvalue weighted by Gasteiger charge is 2.11. The molecule has 0 saturated heterocycles. The van der Waals surface area contributed by atoms with E-state index in [4.69, 9.17) is 14.9 Å². The molecule has 6 nitrogen and oxygen atoms in total. The highest BCUT2D eigenvalue weighted by atomic mass is 16.5. The summed E-state index contributed by atoms with van der Waals surface area (Å²) in [4.78, 5) is 8.16. The molecule has 108 valence electrons. The first kappa shape index (κ1) is 14.2. The molecule has 3 N–H and O–H groups in total. The van der Waals surface area contributed by atoms with Gasteiger partial charge in [-0.2, -0.15) is 4.98 Å². The van der Waals surface area contributed by atoms with Crippen LogP contribution in [0, 0.1) is 0 Å². The van der Waals surface area contributed by atoms with Gasteiger partial charge in [-0.3, -0.25) is 0 Å². The molecule has 0 spiro atoms. The third-order valence-corrected chi connectivity index (χ3v) is 2.92. The molecule has 1 atom stereocenters. The molecule has 2 aromatic heterocycles. The number of nitrogens with zero attached hydrogens (tertiary/aromatic N) is 2. The van der Waals surface area contributed by atoms with Crippen LogP contribution in [0.5, 0.6) is 5.88 Å². The summed E-state index contributed by atoms with van der Waals surface area (Å²) >= 11 is 0. The molecule has 0 fully saturated rings. The number of aromatic nitrogens is 2. The van der Waals surface area contributed by atoms with Gasteiger partial charge in [0.25, 0.3) is 0 Å². The van der Waals surface area contributed by atoms with Gasteiger partial charge < -0.3 is 20.2 Å². The highest BCUT2D eigenvalue weighted by molar-refractivity contribution is 5.66. The zero-order chi connectivity index (χ0) is 14.4. The van der Waals surface area contributed by atoms with Gasteiger partial charge in [-0.05, 0) is 32.4 Å². The fraction of sp³-hybridized carbons (Fsp3) is 0.429. The van der Waals surface area contributed by atoms with Crippen molar-refractivity contribution in [1.82, 2.24) is 9.97 Å². The number of hydrogen-bond donors (Lipinski definition) is 2. The van der Waals surface area contributed by atoms with Gasteiger partial charge in [0.15, 0.2) is 5.82 Å². The lowest BCUT2D eigenvalue weighted by molar-refractivity contribution is 0.328.